The van der Waals surface area contributed by atoms with Gasteiger partial charge in [0.05, 0.1) is 0 Å². The molecule has 0 spiro atoms. The quantitative estimate of drug-likeness (QED) is 0.893. The third-order valence-electron chi connectivity index (χ3n) is 4.21. The minimum Gasteiger partial charge on any atom is -0.396 e. The fraction of sp³-hybridized carbons (Fsp3) is 0.600. The predicted octanol–water partition coefficient (Wildman–Crippen LogP) is 1.38. The van der Waals surface area contributed by atoms with Gasteiger partial charge in [-0.05, 0) is 36.8 Å². The summed E-state index contributed by atoms with van der Waals surface area (Å²) < 4.78 is 28.1. The Labute approximate surface area is 127 Å². The zero-order chi connectivity index (χ0) is 15.5. The second-order valence-electron chi connectivity index (χ2n) is 5.72. The van der Waals surface area contributed by atoms with Crippen LogP contribution in [0, 0.1) is 12.8 Å². The van der Waals surface area contributed by atoms with Crippen molar-refractivity contribution in [3.8, 4) is 0 Å². The molecule has 1 saturated heterocycles. The molecule has 0 bridgehead atoms. The first-order valence-electron chi connectivity index (χ1n) is 7.32. The molecule has 6 heteroatoms. The molecule has 1 aliphatic rings. The number of aryl methyl sites for hydroxylation is 1. The van der Waals surface area contributed by atoms with Gasteiger partial charge in [-0.1, -0.05) is 24.3 Å². The van der Waals surface area contributed by atoms with E-state index in [0.29, 0.717) is 19.6 Å². The Balaban J connectivity index is 2.04. The number of aliphatic hydroxyl groups excluding tert-OH is 1. The van der Waals surface area contributed by atoms with Gasteiger partial charge in [0.2, 0.25) is 0 Å². The molecule has 0 saturated carbocycles. The smallest absolute Gasteiger partial charge is 0.282 e. The maximum absolute atomic E-state index is 12.6. The van der Waals surface area contributed by atoms with Crippen molar-refractivity contribution in [3.63, 3.8) is 0 Å². The zero-order valence-electron chi connectivity index (χ0n) is 12.7. The van der Waals surface area contributed by atoms with E-state index in [1.807, 2.05) is 31.2 Å². The summed E-state index contributed by atoms with van der Waals surface area (Å²) in [5.41, 5.74) is 2.12. The summed E-state index contributed by atoms with van der Waals surface area (Å²) in [6.07, 6.45) is 1.46. The number of benzene rings is 1. The van der Waals surface area contributed by atoms with Crippen molar-refractivity contribution >= 4 is 10.2 Å². The molecule has 5 nitrogen and oxygen atoms in total. The molecular weight excluding hydrogens is 288 g/mol. The van der Waals surface area contributed by atoms with Crippen LogP contribution < -0.4 is 0 Å². The van der Waals surface area contributed by atoms with Crippen LogP contribution in [0.5, 0.6) is 0 Å². The average molecular weight is 312 g/mol. The van der Waals surface area contributed by atoms with E-state index in [2.05, 4.69) is 0 Å². The average Bonchev–Trinajstić information content (AvgIpc) is 2.49. The summed E-state index contributed by atoms with van der Waals surface area (Å²) in [6.45, 7) is 3.50. The summed E-state index contributed by atoms with van der Waals surface area (Å²) in [5, 5.41) is 9.14. The molecule has 0 amide bonds. The number of nitrogens with zero attached hydrogens (tertiary/aromatic N) is 2. The van der Waals surface area contributed by atoms with Crippen molar-refractivity contribution in [2.24, 2.45) is 5.92 Å². The van der Waals surface area contributed by atoms with Crippen molar-refractivity contribution in [2.75, 3.05) is 26.7 Å². The van der Waals surface area contributed by atoms with Crippen LogP contribution in [0.25, 0.3) is 0 Å². The molecule has 0 unspecified atom stereocenters. The van der Waals surface area contributed by atoms with Crippen LogP contribution in [-0.2, 0) is 16.8 Å². The lowest BCUT2D eigenvalue weighted by molar-refractivity contribution is 0.166. The second kappa shape index (κ2) is 6.87. The number of aliphatic hydroxyl groups is 1. The topological polar surface area (TPSA) is 60.9 Å². The molecule has 0 atom stereocenters. The SMILES string of the molecule is Cc1ccccc1CN(C)S(=O)(=O)N1CCC(CO)CC1. The van der Waals surface area contributed by atoms with E-state index in [1.54, 1.807) is 7.05 Å². The van der Waals surface area contributed by atoms with Crippen molar-refractivity contribution < 1.29 is 13.5 Å². The van der Waals surface area contributed by atoms with Gasteiger partial charge < -0.3 is 5.11 Å². The van der Waals surface area contributed by atoms with Crippen LogP contribution in [0.1, 0.15) is 24.0 Å². The van der Waals surface area contributed by atoms with E-state index >= 15 is 0 Å². The maximum Gasteiger partial charge on any atom is 0.282 e. The molecule has 1 aliphatic heterocycles. The van der Waals surface area contributed by atoms with Gasteiger partial charge in [0.1, 0.15) is 0 Å². The highest BCUT2D eigenvalue weighted by molar-refractivity contribution is 7.86. The Morgan fingerprint density at radius 3 is 2.48 bits per heavy atom. The highest BCUT2D eigenvalue weighted by Crippen LogP contribution is 2.21. The molecular formula is C15H24N2O3S. The van der Waals surface area contributed by atoms with Gasteiger partial charge in [-0.15, -0.1) is 0 Å². The molecule has 21 heavy (non-hydrogen) atoms. The van der Waals surface area contributed by atoms with E-state index in [9.17, 15) is 8.42 Å². The van der Waals surface area contributed by atoms with Crippen molar-refractivity contribution in [1.82, 2.24) is 8.61 Å². The molecule has 1 heterocycles. The van der Waals surface area contributed by atoms with E-state index in [-0.39, 0.29) is 12.5 Å². The molecule has 1 fully saturated rings. The first kappa shape index (κ1) is 16.4. The number of piperidine rings is 1. The fourth-order valence-corrected chi connectivity index (χ4v) is 4.00. The van der Waals surface area contributed by atoms with Crippen LogP contribution in [0.15, 0.2) is 24.3 Å². The lowest BCUT2D eigenvalue weighted by Crippen LogP contribution is -2.45. The molecule has 0 aliphatic carbocycles. The van der Waals surface area contributed by atoms with Crippen LogP contribution in [-0.4, -0.2) is 48.9 Å². The van der Waals surface area contributed by atoms with E-state index < -0.39 is 10.2 Å². The standard InChI is InChI=1S/C15H24N2O3S/c1-13-5-3-4-6-15(13)11-16(2)21(19,20)17-9-7-14(12-18)8-10-17/h3-6,14,18H,7-12H2,1-2H3. The van der Waals surface area contributed by atoms with Crippen molar-refractivity contribution in [1.29, 1.82) is 0 Å². The van der Waals surface area contributed by atoms with Crippen molar-refractivity contribution in [2.45, 2.75) is 26.3 Å². The lowest BCUT2D eigenvalue weighted by Gasteiger charge is -2.33. The third-order valence-corrected chi connectivity index (χ3v) is 6.14. The van der Waals surface area contributed by atoms with E-state index in [4.69, 9.17) is 5.11 Å². The Bertz CT molecular complexity index is 566. The largest absolute Gasteiger partial charge is 0.396 e. The zero-order valence-corrected chi connectivity index (χ0v) is 13.5. The van der Waals surface area contributed by atoms with Crippen LogP contribution in [0.4, 0.5) is 0 Å². The van der Waals surface area contributed by atoms with E-state index in [0.717, 1.165) is 24.0 Å². The minimum absolute atomic E-state index is 0.146. The first-order valence-corrected chi connectivity index (χ1v) is 8.71. The summed E-state index contributed by atoms with van der Waals surface area (Å²) in [6, 6.07) is 7.82. The van der Waals surface area contributed by atoms with Crippen LogP contribution in [0.2, 0.25) is 0 Å². The van der Waals surface area contributed by atoms with Gasteiger partial charge in [0.25, 0.3) is 10.2 Å². The molecule has 118 valence electrons. The molecule has 0 radical (unpaired) electrons. The summed E-state index contributed by atoms with van der Waals surface area (Å²) >= 11 is 0. The summed E-state index contributed by atoms with van der Waals surface area (Å²) in [7, 11) is -1.80. The van der Waals surface area contributed by atoms with Crippen molar-refractivity contribution in [3.05, 3.63) is 35.4 Å². The van der Waals surface area contributed by atoms with Gasteiger partial charge in [0.15, 0.2) is 0 Å². The van der Waals surface area contributed by atoms with Gasteiger partial charge in [-0.25, -0.2) is 0 Å². The van der Waals surface area contributed by atoms with Crippen LogP contribution in [0.3, 0.4) is 0 Å². The lowest BCUT2D eigenvalue weighted by atomic mass is 10.00. The maximum atomic E-state index is 12.6. The molecule has 2 rings (SSSR count). The third kappa shape index (κ3) is 3.83. The van der Waals surface area contributed by atoms with Gasteiger partial charge in [-0.3, -0.25) is 0 Å². The van der Waals surface area contributed by atoms with Crippen LogP contribution >= 0.6 is 0 Å². The number of hydrogen-bond donors (Lipinski definition) is 1. The van der Waals surface area contributed by atoms with E-state index in [1.165, 1.54) is 8.61 Å². The Morgan fingerprint density at radius 1 is 1.29 bits per heavy atom. The fourth-order valence-electron chi connectivity index (χ4n) is 2.63. The number of hydrogen-bond acceptors (Lipinski definition) is 3. The molecule has 1 N–H and O–H groups in total. The second-order valence-corrected chi connectivity index (χ2v) is 7.75. The highest BCUT2D eigenvalue weighted by Gasteiger charge is 2.30. The Hall–Kier alpha value is -0.950. The Kier molecular flexibility index (Phi) is 5.37. The predicted molar refractivity (Wildman–Crippen MR) is 82.9 cm³/mol. The van der Waals surface area contributed by atoms with Gasteiger partial charge in [0, 0.05) is 33.3 Å². The summed E-state index contributed by atoms with van der Waals surface area (Å²) in [5.74, 6) is 0.234. The first-order chi connectivity index (χ1) is 9.95. The molecule has 1 aromatic rings. The highest BCUT2D eigenvalue weighted by atomic mass is 32.2. The summed E-state index contributed by atoms with van der Waals surface area (Å²) in [4.78, 5) is 0. The van der Waals surface area contributed by atoms with Gasteiger partial charge in [-0.2, -0.15) is 17.0 Å². The molecule has 0 aromatic heterocycles. The normalized spacial score (nSPS) is 18.3. The van der Waals surface area contributed by atoms with Gasteiger partial charge >= 0.3 is 0 Å². The Morgan fingerprint density at radius 2 is 1.90 bits per heavy atom. The monoisotopic (exact) mass is 312 g/mol. The number of rotatable bonds is 5. The minimum atomic E-state index is -3.42. The molecule has 1 aromatic carbocycles.